The van der Waals surface area contributed by atoms with E-state index in [1.54, 1.807) is 0 Å². The van der Waals surface area contributed by atoms with Crippen molar-refractivity contribution in [2.24, 2.45) is 5.73 Å². The third-order valence-electron chi connectivity index (χ3n) is 0.220. The van der Waals surface area contributed by atoms with Crippen molar-refractivity contribution in [3.63, 3.8) is 0 Å². The molecule has 0 amide bonds. The molecule has 7 heavy (non-hydrogen) atoms. The van der Waals surface area contributed by atoms with Gasteiger partial charge in [0.05, 0.1) is 7.11 Å². The minimum Gasteiger partial charge on any atom is -0.469 e. The standard InChI is InChI=1S/C2H6N2O.ClH.H2O/c1-5-2(3)4;;/h1H3,(H3,3,4);1H;1H2. The molecule has 46 valence electrons. The molecule has 0 aromatic rings. The zero-order valence-electron chi connectivity index (χ0n) is 3.89. The highest BCUT2D eigenvalue weighted by atomic mass is 35.5. The lowest BCUT2D eigenvalue weighted by Crippen LogP contribution is -2.10. The van der Waals surface area contributed by atoms with Gasteiger partial charge in [-0.15, -0.1) is 12.4 Å². The quantitative estimate of drug-likeness (QED) is 0.328. The van der Waals surface area contributed by atoms with Gasteiger partial charge in [-0.3, -0.25) is 5.41 Å². The van der Waals surface area contributed by atoms with Gasteiger partial charge >= 0.3 is 0 Å². The van der Waals surface area contributed by atoms with E-state index in [0.717, 1.165) is 0 Å². The minimum absolute atomic E-state index is 0. The minimum atomic E-state index is -0.245. The van der Waals surface area contributed by atoms with E-state index >= 15 is 0 Å². The number of nitrogens with one attached hydrogen (secondary N) is 1. The smallest absolute Gasteiger partial charge is 0.278 e. The molecular formula is C2H9ClN2O2. The average molecular weight is 129 g/mol. The Morgan fingerprint density at radius 3 is 1.86 bits per heavy atom. The fraction of sp³-hybridized carbons (Fsp3) is 0.500. The lowest BCUT2D eigenvalue weighted by atomic mass is 11.2. The molecule has 0 saturated carbocycles. The maximum Gasteiger partial charge on any atom is 0.278 e. The molecule has 0 radical (unpaired) electrons. The van der Waals surface area contributed by atoms with E-state index < -0.39 is 0 Å². The normalized spacial score (nSPS) is 4.71. The number of amidine groups is 1. The highest BCUT2D eigenvalue weighted by molar-refractivity contribution is 5.85. The number of ether oxygens (including phenoxy) is 1. The summed E-state index contributed by atoms with van der Waals surface area (Å²) in [4.78, 5) is 0. The summed E-state index contributed by atoms with van der Waals surface area (Å²) >= 11 is 0. The predicted molar refractivity (Wildman–Crippen MR) is 29.8 cm³/mol. The second-order valence-electron chi connectivity index (χ2n) is 0.568. The molecule has 0 aliphatic rings. The lowest BCUT2D eigenvalue weighted by Gasteiger charge is -1.85. The number of methoxy groups -OCH3 is 1. The van der Waals surface area contributed by atoms with E-state index in [1.165, 1.54) is 7.11 Å². The van der Waals surface area contributed by atoms with Crippen molar-refractivity contribution in [3.8, 4) is 0 Å². The summed E-state index contributed by atoms with van der Waals surface area (Å²) in [5, 5.41) is 6.30. The molecule has 0 fully saturated rings. The summed E-state index contributed by atoms with van der Waals surface area (Å²) in [5.74, 6) is 0. The van der Waals surface area contributed by atoms with Gasteiger partial charge in [-0.2, -0.15) is 0 Å². The van der Waals surface area contributed by atoms with Crippen LogP contribution in [-0.2, 0) is 4.74 Å². The Labute approximate surface area is 47.9 Å². The fourth-order valence-electron chi connectivity index (χ4n) is 0. The molecule has 0 rings (SSSR count). The van der Waals surface area contributed by atoms with Gasteiger partial charge in [0.15, 0.2) is 0 Å². The van der Waals surface area contributed by atoms with E-state index in [9.17, 15) is 0 Å². The van der Waals surface area contributed by atoms with Crippen molar-refractivity contribution in [2.75, 3.05) is 7.11 Å². The molecule has 0 aromatic carbocycles. The van der Waals surface area contributed by atoms with Crippen LogP contribution in [0.1, 0.15) is 0 Å². The largest absolute Gasteiger partial charge is 0.469 e. The van der Waals surface area contributed by atoms with Crippen molar-refractivity contribution in [2.45, 2.75) is 0 Å². The number of hydrogen-bond donors (Lipinski definition) is 2. The van der Waals surface area contributed by atoms with Crippen molar-refractivity contribution in [1.29, 1.82) is 5.41 Å². The summed E-state index contributed by atoms with van der Waals surface area (Å²) in [6.45, 7) is 0. The SMILES string of the molecule is COC(=N)N.Cl.O. The van der Waals surface area contributed by atoms with Crippen molar-refractivity contribution in [1.82, 2.24) is 0 Å². The second-order valence-corrected chi connectivity index (χ2v) is 0.568. The van der Waals surface area contributed by atoms with Crippen LogP contribution in [0.2, 0.25) is 0 Å². The maximum absolute atomic E-state index is 6.30. The number of hydrogen-bond acceptors (Lipinski definition) is 2. The Bertz CT molecular complexity index is 49.0. The highest BCUT2D eigenvalue weighted by Gasteiger charge is 1.68. The first-order valence-corrected chi connectivity index (χ1v) is 1.15. The van der Waals surface area contributed by atoms with Crippen LogP contribution in [0, 0.1) is 5.41 Å². The van der Waals surface area contributed by atoms with Gasteiger partial charge in [-0.1, -0.05) is 0 Å². The lowest BCUT2D eigenvalue weighted by molar-refractivity contribution is 0.393. The van der Waals surface area contributed by atoms with Crippen LogP contribution in [0.15, 0.2) is 0 Å². The highest BCUT2D eigenvalue weighted by Crippen LogP contribution is 1.50. The molecule has 0 aliphatic heterocycles. The van der Waals surface area contributed by atoms with Gasteiger partial charge in [0.25, 0.3) is 6.02 Å². The number of halogens is 1. The molecule has 0 aliphatic carbocycles. The molecule has 5 heteroatoms. The second kappa shape index (κ2) is 9.10. The Balaban J connectivity index is -0.0000000800. The molecule has 0 atom stereocenters. The van der Waals surface area contributed by atoms with E-state index in [2.05, 4.69) is 10.5 Å². The Hall–Kier alpha value is -0.480. The number of rotatable bonds is 0. The van der Waals surface area contributed by atoms with Gasteiger partial charge in [-0.05, 0) is 0 Å². The van der Waals surface area contributed by atoms with Crippen LogP contribution in [0.3, 0.4) is 0 Å². The van der Waals surface area contributed by atoms with Gasteiger partial charge in [0.2, 0.25) is 0 Å². The van der Waals surface area contributed by atoms with E-state index in [1.807, 2.05) is 0 Å². The Kier molecular flexibility index (Phi) is 20.8. The summed E-state index contributed by atoms with van der Waals surface area (Å²) in [7, 11) is 1.35. The molecule has 0 saturated heterocycles. The van der Waals surface area contributed by atoms with Gasteiger partial charge in [-0.25, -0.2) is 0 Å². The molecule has 0 bridgehead atoms. The fourth-order valence-corrected chi connectivity index (χ4v) is 0. The van der Waals surface area contributed by atoms with Crippen LogP contribution in [-0.4, -0.2) is 18.6 Å². The first-order chi connectivity index (χ1) is 2.27. The van der Waals surface area contributed by atoms with E-state index in [-0.39, 0.29) is 23.9 Å². The van der Waals surface area contributed by atoms with Crippen molar-refractivity contribution in [3.05, 3.63) is 0 Å². The first-order valence-electron chi connectivity index (χ1n) is 1.15. The molecule has 5 N–H and O–H groups in total. The molecule has 0 spiro atoms. The molecular weight excluding hydrogens is 119 g/mol. The van der Waals surface area contributed by atoms with Crippen molar-refractivity contribution < 1.29 is 10.2 Å². The van der Waals surface area contributed by atoms with Crippen molar-refractivity contribution >= 4 is 18.4 Å². The third-order valence-corrected chi connectivity index (χ3v) is 0.220. The zero-order chi connectivity index (χ0) is 4.28. The van der Waals surface area contributed by atoms with Crippen LogP contribution in [0.25, 0.3) is 0 Å². The molecule has 0 aromatic heterocycles. The monoisotopic (exact) mass is 128 g/mol. The molecule has 0 heterocycles. The maximum atomic E-state index is 6.30. The Morgan fingerprint density at radius 1 is 1.71 bits per heavy atom. The number of nitrogens with two attached hydrogens (primary N) is 1. The van der Waals surface area contributed by atoms with Gasteiger partial charge in [0.1, 0.15) is 0 Å². The van der Waals surface area contributed by atoms with Crippen LogP contribution >= 0.6 is 12.4 Å². The Morgan fingerprint density at radius 2 is 1.86 bits per heavy atom. The molecule has 0 unspecified atom stereocenters. The summed E-state index contributed by atoms with van der Waals surface area (Å²) in [6, 6.07) is -0.245. The first kappa shape index (κ1) is 16.0. The predicted octanol–water partition coefficient (Wildman–Crippen LogP) is -0.877. The van der Waals surface area contributed by atoms with Gasteiger partial charge < -0.3 is 15.9 Å². The summed E-state index contributed by atoms with van der Waals surface area (Å²) in [5.41, 5.74) is 4.65. The third kappa shape index (κ3) is 29.6. The van der Waals surface area contributed by atoms with Crippen LogP contribution in [0.4, 0.5) is 0 Å². The van der Waals surface area contributed by atoms with E-state index in [0.29, 0.717) is 0 Å². The van der Waals surface area contributed by atoms with Crippen LogP contribution in [0.5, 0.6) is 0 Å². The zero-order valence-corrected chi connectivity index (χ0v) is 4.71. The van der Waals surface area contributed by atoms with Gasteiger partial charge in [0, 0.05) is 0 Å². The van der Waals surface area contributed by atoms with E-state index in [4.69, 9.17) is 5.41 Å². The molecule has 4 nitrogen and oxygen atoms in total. The average Bonchev–Trinajstić information content (AvgIpc) is 1.38. The summed E-state index contributed by atoms with van der Waals surface area (Å²) in [6.07, 6.45) is 0. The van der Waals surface area contributed by atoms with Crippen LogP contribution < -0.4 is 5.73 Å². The summed E-state index contributed by atoms with van der Waals surface area (Å²) < 4.78 is 4.11. The topological polar surface area (TPSA) is 90.6 Å².